The van der Waals surface area contributed by atoms with E-state index in [1.807, 2.05) is 36.4 Å². The Balaban J connectivity index is 1.88. The average molecular weight is 301 g/mol. The van der Waals surface area contributed by atoms with E-state index in [1.54, 1.807) is 6.07 Å². The van der Waals surface area contributed by atoms with Gasteiger partial charge in [-0.25, -0.2) is 4.39 Å². The molecule has 0 aliphatic carbocycles. The van der Waals surface area contributed by atoms with Crippen molar-refractivity contribution in [3.8, 4) is 0 Å². The molecule has 23 heavy (non-hydrogen) atoms. The van der Waals surface area contributed by atoms with Crippen molar-refractivity contribution in [3.63, 3.8) is 0 Å². The third-order valence-electron chi connectivity index (χ3n) is 4.14. The second-order valence-electron chi connectivity index (χ2n) is 5.67. The molecule has 0 N–H and O–H groups in total. The normalized spacial score (nSPS) is 12.5. The van der Waals surface area contributed by atoms with Crippen LogP contribution in [0.4, 0.5) is 15.8 Å². The molecule has 0 fully saturated rings. The van der Waals surface area contributed by atoms with E-state index < -0.39 is 0 Å². The molecule has 0 unspecified atom stereocenters. The molecule has 1 heterocycles. The van der Waals surface area contributed by atoms with Gasteiger partial charge in [-0.05, 0) is 41.0 Å². The SMILES string of the molecule is Fc1ccc2c(c1)N(Cc1ccccc1)c1ccccc1C=C2. The number of para-hydroxylation sites is 1. The molecule has 0 atom stereocenters. The highest BCUT2D eigenvalue weighted by Gasteiger charge is 2.18. The van der Waals surface area contributed by atoms with Gasteiger partial charge in [-0.3, -0.25) is 0 Å². The highest BCUT2D eigenvalue weighted by Crippen LogP contribution is 2.37. The van der Waals surface area contributed by atoms with Gasteiger partial charge in [0.05, 0.1) is 5.69 Å². The molecule has 1 aliphatic heterocycles. The summed E-state index contributed by atoms with van der Waals surface area (Å²) >= 11 is 0. The van der Waals surface area contributed by atoms with Crippen molar-refractivity contribution in [1.82, 2.24) is 0 Å². The van der Waals surface area contributed by atoms with Gasteiger partial charge in [0.25, 0.3) is 0 Å². The number of anilines is 2. The monoisotopic (exact) mass is 301 g/mol. The third-order valence-corrected chi connectivity index (χ3v) is 4.14. The van der Waals surface area contributed by atoms with E-state index in [-0.39, 0.29) is 5.82 Å². The van der Waals surface area contributed by atoms with Gasteiger partial charge in [-0.1, -0.05) is 60.7 Å². The van der Waals surface area contributed by atoms with Gasteiger partial charge in [0.2, 0.25) is 0 Å². The largest absolute Gasteiger partial charge is 0.336 e. The van der Waals surface area contributed by atoms with Crippen molar-refractivity contribution >= 4 is 23.5 Å². The van der Waals surface area contributed by atoms with Gasteiger partial charge in [0.15, 0.2) is 0 Å². The van der Waals surface area contributed by atoms with Crippen LogP contribution in [-0.2, 0) is 6.54 Å². The lowest BCUT2D eigenvalue weighted by atomic mass is 10.1. The first-order chi connectivity index (χ1) is 11.3. The predicted molar refractivity (Wildman–Crippen MR) is 94.1 cm³/mol. The number of hydrogen-bond donors (Lipinski definition) is 0. The summed E-state index contributed by atoms with van der Waals surface area (Å²) in [7, 11) is 0. The van der Waals surface area contributed by atoms with Crippen LogP contribution >= 0.6 is 0 Å². The number of benzene rings is 3. The number of hydrogen-bond acceptors (Lipinski definition) is 1. The number of halogens is 1. The van der Waals surface area contributed by atoms with Crippen LogP contribution in [0.5, 0.6) is 0 Å². The van der Waals surface area contributed by atoms with Crippen molar-refractivity contribution in [2.75, 3.05) is 4.90 Å². The fourth-order valence-corrected chi connectivity index (χ4v) is 3.01. The van der Waals surface area contributed by atoms with Crippen molar-refractivity contribution in [2.45, 2.75) is 6.54 Å². The molecular weight excluding hydrogens is 285 g/mol. The zero-order valence-corrected chi connectivity index (χ0v) is 12.6. The van der Waals surface area contributed by atoms with Crippen LogP contribution in [-0.4, -0.2) is 0 Å². The average Bonchev–Trinajstić information content (AvgIpc) is 2.74. The van der Waals surface area contributed by atoms with Crippen molar-refractivity contribution in [2.24, 2.45) is 0 Å². The molecule has 1 nitrogen and oxygen atoms in total. The Morgan fingerprint density at radius 3 is 2.22 bits per heavy atom. The zero-order chi connectivity index (χ0) is 15.6. The maximum Gasteiger partial charge on any atom is 0.125 e. The minimum absolute atomic E-state index is 0.213. The summed E-state index contributed by atoms with van der Waals surface area (Å²) in [5.74, 6) is -0.213. The molecule has 0 saturated heterocycles. The summed E-state index contributed by atoms with van der Waals surface area (Å²) in [4.78, 5) is 2.18. The Kier molecular flexibility index (Phi) is 3.43. The predicted octanol–water partition coefficient (Wildman–Crippen LogP) is 5.65. The van der Waals surface area contributed by atoms with E-state index in [2.05, 4.69) is 41.3 Å². The van der Waals surface area contributed by atoms with E-state index in [1.165, 1.54) is 11.6 Å². The molecule has 3 aromatic carbocycles. The van der Waals surface area contributed by atoms with Gasteiger partial charge < -0.3 is 4.90 Å². The summed E-state index contributed by atoms with van der Waals surface area (Å²) in [6.07, 6.45) is 4.15. The molecule has 1 aliphatic rings. The fourth-order valence-electron chi connectivity index (χ4n) is 3.01. The summed E-state index contributed by atoms with van der Waals surface area (Å²) in [5.41, 5.74) is 5.35. The van der Waals surface area contributed by atoms with Crippen molar-refractivity contribution in [1.29, 1.82) is 0 Å². The molecule has 0 spiro atoms. The number of rotatable bonds is 2. The first-order valence-electron chi connectivity index (χ1n) is 7.69. The maximum absolute atomic E-state index is 13.9. The molecule has 2 heteroatoms. The number of nitrogens with zero attached hydrogens (tertiary/aromatic N) is 1. The third kappa shape index (κ3) is 2.64. The van der Waals surface area contributed by atoms with E-state index >= 15 is 0 Å². The molecule has 0 saturated carbocycles. The zero-order valence-electron chi connectivity index (χ0n) is 12.6. The van der Waals surface area contributed by atoms with Gasteiger partial charge in [0.1, 0.15) is 5.82 Å². The first kappa shape index (κ1) is 13.8. The second kappa shape index (κ2) is 5.73. The Hall–Kier alpha value is -2.87. The second-order valence-corrected chi connectivity index (χ2v) is 5.67. The fraction of sp³-hybridized carbons (Fsp3) is 0.0476. The Bertz CT molecular complexity index is 868. The lowest BCUT2D eigenvalue weighted by Crippen LogP contribution is -2.18. The Labute approximate surface area is 135 Å². The van der Waals surface area contributed by atoms with Gasteiger partial charge >= 0.3 is 0 Å². The lowest BCUT2D eigenvalue weighted by molar-refractivity contribution is 0.627. The highest BCUT2D eigenvalue weighted by molar-refractivity contribution is 5.88. The summed E-state index contributed by atoms with van der Waals surface area (Å²) < 4.78 is 13.9. The van der Waals surface area contributed by atoms with Gasteiger partial charge in [0, 0.05) is 12.2 Å². The van der Waals surface area contributed by atoms with Crippen LogP contribution in [0, 0.1) is 5.82 Å². The maximum atomic E-state index is 13.9. The minimum Gasteiger partial charge on any atom is -0.336 e. The standard InChI is InChI=1S/C21H16FN/c22-19-13-12-18-11-10-17-8-4-5-9-20(17)23(21(18)14-19)15-16-6-2-1-3-7-16/h1-14H,15H2. The summed E-state index contributed by atoms with van der Waals surface area (Å²) in [6, 6.07) is 23.5. The molecule has 0 aromatic heterocycles. The smallest absolute Gasteiger partial charge is 0.125 e. The molecule has 0 amide bonds. The molecule has 4 rings (SSSR count). The van der Waals surface area contributed by atoms with Crippen molar-refractivity contribution in [3.05, 3.63) is 95.3 Å². The van der Waals surface area contributed by atoms with Crippen LogP contribution < -0.4 is 4.90 Å². The quantitative estimate of drug-likeness (QED) is 0.591. The molecular formula is C21H16FN. The van der Waals surface area contributed by atoms with Crippen LogP contribution in [0.15, 0.2) is 72.8 Å². The Morgan fingerprint density at radius 2 is 1.39 bits per heavy atom. The Morgan fingerprint density at radius 1 is 0.696 bits per heavy atom. The van der Waals surface area contributed by atoms with Crippen LogP contribution in [0.3, 0.4) is 0 Å². The van der Waals surface area contributed by atoms with E-state index in [0.717, 1.165) is 22.5 Å². The van der Waals surface area contributed by atoms with E-state index in [9.17, 15) is 4.39 Å². The van der Waals surface area contributed by atoms with Gasteiger partial charge in [-0.2, -0.15) is 0 Å². The van der Waals surface area contributed by atoms with E-state index in [0.29, 0.717) is 6.54 Å². The summed E-state index contributed by atoms with van der Waals surface area (Å²) in [5, 5.41) is 0. The van der Waals surface area contributed by atoms with Crippen molar-refractivity contribution < 1.29 is 4.39 Å². The number of fused-ring (bicyclic) bond motifs is 2. The summed E-state index contributed by atoms with van der Waals surface area (Å²) in [6.45, 7) is 0.704. The topological polar surface area (TPSA) is 3.24 Å². The molecule has 0 radical (unpaired) electrons. The first-order valence-corrected chi connectivity index (χ1v) is 7.69. The molecule has 3 aromatic rings. The van der Waals surface area contributed by atoms with Gasteiger partial charge in [-0.15, -0.1) is 0 Å². The minimum atomic E-state index is -0.213. The van der Waals surface area contributed by atoms with Crippen LogP contribution in [0.25, 0.3) is 12.2 Å². The molecule has 0 bridgehead atoms. The van der Waals surface area contributed by atoms with E-state index in [4.69, 9.17) is 0 Å². The highest BCUT2D eigenvalue weighted by atomic mass is 19.1. The molecule has 112 valence electrons. The van der Waals surface area contributed by atoms with Crippen LogP contribution in [0.2, 0.25) is 0 Å². The van der Waals surface area contributed by atoms with Crippen LogP contribution in [0.1, 0.15) is 16.7 Å². The lowest BCUT2D eigenvalue weighted by Gasteiger charge is -2.27.